The molecule has 45 heteroatoms. The summed E-state index contributed by atoms with van der Waals surface area (Å²) in [4.78, 5) is 0. The zero-order chi connectivity index (χ0) is 29.8. The quantitative estimate of drug-likeness (QED) is 0.232. The van der Waals surface area contributed by atoms with Crippen LogP contribution >= 0.6 is 261 Å². The maximum absolute atomic E-state index is 4.26. The molecule has 0 unspecified atom stereocenters. The van der Waals surface area contributed by atoms with Crippen LogP contribution in [0.4, 0.5) is 0 Å². The molecule has 0 heterocycles. The summed E-state index contributed by atoms with van der Waals surface area (Å²) in [7, 11) is 0. The van der Waals surface area contributed by atoms with Gasteiger partial charge < -0.3 is 0 Å². The molecule has 0 saturated carbocycles. The fraction of sp³-hybridized carbons (Fsp3) is 0. The van der Waals surface area contributed by atoms with Crippen molar-refractivity contribution in [3.8, 4) is 0 Å². The first-order chi connectivity index (χ1) is 15.6. The Kier molecular flexibility index (Phi) is 955. The van der Waals surface area contributed by atoms with E-state index in [4.69, 9.17) is 0 Å². The molecule has 0 aromatic heterocycles. The maximum atomic E-state index is 4.26. The Morgan fingerprint density at radius 2 is 0.111 bits per heavy atom. The van der Waals surface area contributed by atoms with Crippen LogP contribution < -0.4 is 0 Å². The van der Waals surface area contributed by atoms with Gasteiger partial charge in [0, 0.05) is 314 Å². The summed E-state index contributed by atoms with van der Waals surface area (Å²) in [6.45, 7) is 0. The van der Waals surface area contributed by atoms with Crippen LogP contribution in [0.3, 0.4) is 0 Å². The molecule has 0 fully saturated rings. The van der Waals surface area contributed by atoms with Crippen LogP contribution in [-0.2, 0) is 357 Å². The van der Waals surface area contributed by atoms with Crippen LogP contribution in [0.15, 0.2) is 0 Å². The summed E-state index contributed by atoms with van der Waals surface area (Å²) in [6, 6.07) is 0. The molecule has 0 amide bonds. The van der Waals surface area contributed by atoms with Crippen LogP contribution in [-0.4, -0.2) is 0 Å². The normalized spacial score (nSPS) is 4.40. The molecule has 0 radical (unpaired) electrons. The third-order valence-corrected chi connectivity index (χ3v) is 0. The molecule has 0 spiro atoms. The second-order valence-corrected chi connectivity index (χ2v) is 5.77. The molecule has 11 nitrogen and oxygen atoms in total. The van der Waals surface area contributed by atoms with Gasteiger partial charge in [-0.1, -0.05) is 0 Å². The van der Waals surface area contributed by atoms with Gasteiger partial charge in [-0.15, -0.1) is 0 Å². The molecular formula is Cl22O11Zr12. The molecule has 0 aliphatic carbocycles. The molecule has 0 rings (SSSR count). The van der Waals surface area contributed by atoms with Gasteiger partial charge in [-0.25, -0.2) is 0 Å². The standard InChI is InChI=1S/11Cl2O.12Zr/c11*1-3-2;;;;;;;;;;;;. The van der Waals surface area contributed by atoms with Crippen molar-refractivity contribution < 1.29 is 357 Å². The van der Waals surface area contributed by atoms with Gasteiger partial charge in [-0.3, -0.25) is 0 Å². The Morgan fingerprint density at radius 1 is 0.111 bits per heavy atom. The van der Waals surface area contributed by atoms with Crippen molar-refractivity contribution in [2.45, 2.75) is 0 Å². The van der Waals surface area contributed by atoms with Gasteiger partial charge in [0.1, 0.15) is 0 Å². The minimum atomic E-state index is 0. The first-order valence-corrected chi connectivity index (χ1v) is 10.2. The largest absolute Gasteiger partial charge is 0.166 e. The predicted octanol–water partition coefficient (Wildman–Crippen LogP) is 14.4. The zero-order valence-corrected chi connectivity index (χ0v) is 64.9. The first kappa shape index (κ1) is 152. The summed E-state index contributed by atoms with van der Waals surface area (Å²) in [5, 5.41) is 0. The van der Waals surface area contributed by atoms with Crippen molar-refractivity contribution in [2.75, 3.05) is 0 Å². The Hall–Kier alpha value is 16.5. The maximum Gasteiger partial charge on any atom is 0.0832 e. The first-order valence-electron chi connectivity index (χ1n) is 3.39. The van der Waals surface area contributed by atoms with E-state index in [1.54, 1.807) is 0 Å². The molecule has 0 saturated heterocycles. The number of halogens is 22. The van der Waals surface area contributed by atoms with E-state index in [9.17, 15) is 0 Å². The third-order valence-electron chi connectivity index (χ3n) is 0. The molecule has 268 valence electrons. The minimum Gasteiger partial charge on any atom is -0.166 e. The fourth-order valence-corrected chi connectivity index (χ4v) is 0. The molecule has 0 N–H and O–H groups in total. The summed E-state index contributed by atoms with van der Waals surface area (Å²) in [6.07, 6.45) is 0. The van der Waals surface area contributed by atoms with Gasteiger partial charge in [0.25, 0.3) is 0 Å². The Balaban J connectivity index is -0.00000000549. The summed E-state index contributed by atoms with van der Waals surface area (Å²) in [5.74, 6) is 0. The molecule has 0 aliphatic heterocycles. The van der Waals surface area contributed by atoms with Crippen molar-refractivity contribution in [2.24, 2.45) is 0 Å². The average molecular weight is 2050 g/mol. The zero-order valence-electron chi connectivity index (χ0n) is 18.8. The smallest absolute Gasteiger partial charge is 0.0832 e. The molecular weight excluding hydrogens is 2050 g/mol. The van der Waals surface area contributed by atoms with Crippen LogP contribution in [0, 0.1) is 0 Å². The van der Waals surface area contributed by atoms with Crippen LogP contribution in [0.2, 0.25) is 0 Å². The van der Waals surface area contributed by atoms with Gasteiger partial charge >= 0.3 is 0 Å². The van der Waals surface area contributed by atoms with Crippen molar-refractivity contribution in [1.29, 1.82) is 0 Å². The Morgan fingerprint density at radius 3 is 0.111 bits per heavy atom. The van der Waals surface area contributed by atoms with E-state index in [2.05, 4.69) is 303 Å². The van der Waals surface area contributed by atoms with Crippen molar-refractivity contribution >= 4 is 261 Å². The van der Waals surface area contributed by atoms with Crippen LogP contribution in [0.5, 0.6) is 0 Å². The van der Waals surface area contributed by atoms with E-state index in [1.165, 1.54) is 0 Å². The van der Waals surface area contributed by atoms with Gasteiger partial charge in [0.15, 0.2) is 0 Å². The number of hydrogen-bond donors (Lipinski definition) is 0. The van der Waals surface area contributed by atoms with E-state index < -0.39 is 0 Å². The summed E-state index contributed by atoms with van der Waals surface area (Å²) < 4.78 is 35.1. The second kappa shape index (κ2) is 283. The van der Waals surface area contributed by atoms with Gasteiger partial charge in [-0.05, 0) is 0 Å². The predicted molar refractivity (Wildman–Crippen MR) is 141 cm³/mol. The number of rotatable bonds is 0. The average Bonchev–Trinajstić information content (AvgIpc) is 2.68. The van der Waals surface area contributed by atoms with E-state index >= 15 is 0 Å². The summed E-state index contributed by atoms with van der Waals surface area (Å²) >= 11 is 93.8. The molecule has 0 aromatic rings. The third kappa shape index (κ3) is 759. The van der Waals surface area contributed by atoms with E-state index in [0.29, 0.717) is 0 Å². The van der Waals surface area contributed by atoms with E-state index in [1.807, 2.05) is 0 Å². The van der Waals surface area contributed by atoms with Gasteiger partial charge in [-0.2, -0.15) is 42.3 Å². The Bertz CT molecular complexity index is 106. The number of hydrogen-bond acceptors (Lipinski definition) is 11. The second-order valence-electron chi connectivity index (χ2n) is 0.642. The molecule has 45 heavy (non-hydrogen) atoms. The molecule has 0 bridgehead atoms. The van der Waals surface area contributed by atoms with Crippen molar-refractivity contribution in [3.63, 3.8) is 0 Å². The van der Waals surface area contributed by atoms with Crippen LogP contribution in [0.25, 0.3) is 0 Å². The van der Waals surface area contributed by atoms with Gasteiger partial charge in [0.2, 0.25) is 0 Å². The topological polar surface area (TPSA) is 102 Å². The molecule has 0 aliphatic rings. The van der Waals surface area contributed by atoms with E-state index in [0.717, 1.165) is 0 Å². The molecule has 0 atom stereocenters. The minimum absolute atomic E-state index is 0. The Labute approximate surface area is 602 Å². The monoisotopic (exact) mass is 2020 g/mol. The fourth-order valence-electron chi connectivity index (χ4n) is 0. The van der Waals surface area contributed by atoms with Crippen LogP contribution in [0.1, 0.15) is 0 Å². The summed E-state index contributed by atoms with van der Waals surface area (Å²) in [5.41, 5.74) is 0. The van der Waals surface area contributed by atoms with Gasteiger partial charge in [0.05, 0.1) is 261 Å². The van der Waals surface area contributed by atoms with Crippen molar-refractivity contribution in [3.05, 3.63) is 0 Å². The van der Waals surface area contributed by atoms with Crippen molar-refractivity contribution in [1.82, 2.24) is 0 Å². The van der Waals surface area contributed by atoms with E-state index in [-0.39, 0.29) is 314 Å². The molecule has 0 aromatic carbocycles. The SMILES string of the molecule is ClOCl.ClOCl.ClOCl.ClOCl.ClOCl.ClOCl.ClOCl.ClOCl.ClOCl.ClOCl.ClOCl.[Zr].[Zr].[Zr].[Zr].[Zr].[Zr].[Zr].[Zr].[Zr].[Zr].[Zr].[Zr].